The predicted molar refractivity (Wildman–Crippen MR) is 62.9 cm³/mol. The summed E-state index contributed by atoms with van der Waals surface area (Å²) in [6.45, 7) is 2.22. The van der Waals surface area contributed by atoms with E-state index < -0.39 is 5.60 Å². The van der Waals surface area contributed by atoms with E-state index in [9.17, 15) is 5.11 Å². The second-order valence-corrected chi connectivity index (χ2v) is 3.92. The number of aliphatic hydroxyl groups excluding tert-OH is 1. The topological polar surface area (TPSA) is 49.7 Å². The monoisotopic (exact) mass is 222 g/mol. The minimum atomic E-state index is -1.16. The second kappa shape index (κ2) is 6.43. The number of hydrogen-bond acceptors (Lipinski definition) is 3. The molecule has 1 atom stereocenters. The molecule has 1 aromatic rings. The molecule has 0 aliphatic carbocycles. The van der Waals surface area contributed by atoms with Gasteiger partial charge in [0.15, 0.2) is 0 Å². The highest BCUT2D eigenvalue weighted by Gasteiger charge is 2.12. The molecular weight excluding hydrogens is 204 g/mol. The summed E-state index contributed by atoms with van der Waals surface area (Å²) >= 11 is 0. The van der Waals surface area contributed by atoms with Crippen molar-refractivity contribution in [3.8, 4) is 0 Å². The van der Waals surface area contributed by atoms with Crippen LogP contribution in [0.3, 0.4) is 0 Å². The van der Waals surface area contributed by atoms with Gasteiger partial charge in [-0.1, -0.05) is 42.5 Å². The first-order valence-corrected chi connectivity index (χ1v) is 5.27. The fraction of sp³-hybridized carbons (Fsp3) is 0.385. The molecule has 0 spiro atoms. The Morgan fingerprint density at radius 2 is 2.00 bits per heavy atom. The third kappa shape index (κ3) is 5.07. The van der Waals surface area contributed by atoms with Gasteiger partial charge < -0.3 is 14.9 Å². The van der Waals surface area contributed by atoms with E-state index in [2.05, 4.69) is 0 Å². The summed E-state index contributed by atoms with van der Waals surface area (Å²) in [5.74, 6) is 0. The molecule has 0 heterocycles. The lowest BCUT2D eigenvalue weighted by molar-refractivity contribution is 0.0425. The van der Waals surface area contributed by atoms with Gasteiger partial charge in [0.2, 0.25) is 0 Å². The Morgan fingerprint density at radius 1 is 1.31 bits per heavy atom. The Balaban J connectivity index is 2.22. The van der Waals surface area contributed by atoms with E-state index in [4.69, 9.17) is 9.84 Å². The molecule has 0 radical (unpaired) electrons. The Labute approximate surface area is 96.0 Å². The van der Waals surface area contributed by atoms with Crippen molar-refractivity contribution in [2.45, 2.75) is 19.1 Å². The lowest BCUT2D eigenvalue weighted by Gasteiger charge is -2.14. The van der Waals surface area contributed by atoms with Crippen LogP contribution >= 0.6 is 0 Å². The summed E-state index contributed by atoms with van der Waals surface area (Å²) in [6.07, 6.45) is 3.25. The van der Waals surface area contributed by atoms with Crippen LogP contribution in [0.5, 0.6) is 0 Å². The van der Waals surface area contributed by atoms with Crippen LogP contribution < -0.4 is 0 Å². The van der Waals surface area contributed by atoms with Gasteiger partial charge in [-0.25, -0.2) is 0 Å². The van der Waals surface area contributed by atoms with E-state index in [1.54, 1.807) is 13.0 Å². The van der Waals surface area contributed by atoms with Crippen molar-refractivity contribution in [3.63, 3.8) is 0 Å². The Bertz CT molecular complexity index is 317. The first kappa shape index (κ1) is 12.9. The summed E-state index contributed by atoms with van der Waals surface area (Å²) in [4.78, 5) is 0. The molecule has 0 fully saturated rings. The van der Waals surface area contributed by atoms with Crippen molar-refractivity contribution < 1.29 is 14.9 Å². The fourth-order valence-corrected chi connectivity index (χ4v) is 1.17. The molecule has 0 saturated heterocycles. The summed E-state index contributed by atoms with van der Waals surface area (Å²) in [7, 11) is 0. The number of rotatable bonds is 6. The van der Waals surface area contributed by atoms with Gasteiger partial charge in [0.1, 0.15) is 5.60 Å². The molecular formula is C13H18O3. The Kier molecular flexibility index (Phi) is 5.19. The van der Waals surface area contributed by atoms with Gasteiger partial charge in [-0.3, -0.25) is 0 Å². The van der Waals surface area contributed by atoms with E-state index in [1.807, 2.05) is 30.3 Å². The van der Waals surface area contributed by atoms with Crippen LogP contribution in [-0.4, -0.2) is 29.0 Å². The maximum Gasteiger partial charge on any atom is 0.103 e. The average molecular weight is 222 g/mol. The van der Waals surface area contributed by atoms with Crippen LogP contribution in [0.1, 0.15) is 12.5 Å². The zero-order valence-electron chi connectivity index (χ0n) is 9.47. The molecule has 0 aliphatic heterocycles. The van der Waals surface area contributed by atoms with Gasteiger partial charge in [0, 0.05) is 0 Å². The molecule has 0 amide bonds. The SMILES string of the molecule is C[C@@](O)(/C=C/COCc1ccccc1)CO. The predicted octanol–water partition coefficient (Wildman–Crippen LogP) is 1.50. The Hall–Kier alpha value is -1.16. The highest BCUT2D eigenvalue weighted by atomic mass is 16.5. The number of aliphatic hydroxyl groups is 2. The smallest absolute Gasteiger partial charge is 0.103 e. The quantitative estimate of drug-likeness (QED) is 0.566. The first-order valence-electron chi connectivity index (χ1n) is 5.27. The zero-order valence-corrected chi connectivity index (χ0v) is 9.47. The minimum absolute atomic E-state index is 0.289. The standard InChI is InChI=1S/C13H18O3/c1-13(15,11-14)8-5-9-16-10-12-6-3-2-4-7-12/h2-8,14-15H,9-11H2,1H3/b8-5+/t13-/m1/s1. The van der Waals surface area contributed by atoms with Gasteiger partial charge in [-0.05, 0) is 12.5 Å². The molecule has 3 heteroatoms. The molecule has 0 bridgehead atoms. The van der Waals surface area contributed by atoms with E-state index in [1.165, 1.54) is 6.08 Å². The number of ether oxygens (including phenoxy) is 1. The van der Waals surface area contributed by atoms with E-state index in [0.29, 0.717) is 13.2 Å². The van der Waals surface area contributed by atoms with E-state index in [0.717, 1.165) is 5.56 Å². The fourth-order valence-electron chi connectivity index (χ4n) is 1.17. The average Bonchev–Trinajstić information content (AvgIpc) is 2.30. The van der Waals surface area contributed by atoms with Crippen LogP contribution in [0.2, 0.25) is 0 Å². The summed E-state index contributed by atoms with van der Waals surface area (Å²) in [6, 6.07) is 9.87. The van der Waals surface area contributed by atoms with Gasteiger partial charge in [-0.2, -0.15) is 0 Å². The third-order valence-electron chi connectivity index (χ3n) is 2.12. The van der Waals surface area contributed by atoms with Gasteiger partial charge >= 0.3 is 0 Å². The molecule has 0 aliphatic rings. The van der Waals surface area contributed by atoms with Crippen molar-refractivity contribution in [3.05, 3.63) is 48.0 Å². The highest BCUT2D eigenvalue weighted by Crippen LogP contribution is 2.04. The summed E-state index contributed by atoms with van der Waals surface area (Å²) in [5.41, 5.74) is -0.0411. The van der Waals surface area contributed by atoms with Crippen LogP contribution in [-0.2, 0) is 11.3 Å². The van der Waals surface area contributed by atoms with Crippen molar-refractivity contribution in [2.24, 2.45) is 0 Å². The molecule has 3 nitrogen and oxygen atoms in total. The maximum atomic E-state index is 9.45. The van der Waals surface area contributed by atoms with E-state index >= 15 is 0 Å². The van der Waals surface area contributed by atoms with Gasteiger partial charge in [0.05, 0.1) is 19.8 Å². The van der Waals surface area contributed by atoms with E-state index in [-0.39, 0.29) is 6.61 Å². The number of hydrogen-bond donors (Lipinski definition) is 2. The van der Waals surface area contributed by atoms with Crippen molar-refractivity contribution in [2.75, 3.05) is 13.2 Å². The second-order valence-electron chi connectivity index (χ2n) is 3.92. The van der Waals surface area contributed by atoms with Crippen molar-refractivity contribution in [1.29, 1.82) is 0 Å². The number of benzene rings is 1. The van der Waals surface area contributed by atoms with Crippen molar-refractivity contribution in [1.82, 2.24) is 0 Å². The molecule has 2 N–H and O–H groups in total. The summed E-state index contributed by atoms with van der Waals surface area (Å²) < 4.78 is 5.38. The summed E-state index contributed by atoms with van der Waals surface area (Å²) in [5, 5.41) is 18.2. The molecule has 0 saturated carbocycles. The molecule has 16 heavy (non-hydrogen) atoms. The normalized spacial score (nSPS) is 15.2. The minimum Gasteiger partial charge on any atom is -0.393 e. The lowest BCUT2D eigenvalue weighted by atomic mass is 10.1. The van der Waals surface area contributed by atoms with Crippen LogP contribution in [0.4, 0.5) is 0 Å². The van der Waals surface area contributed by atoms with Gasteiger partial charge in [0.25, 0.3) is 0 Å². The van der Waals surface area contributed by atoms with Crippen molar-refractivity contribution >= 4 is 0 Å². The first-order chi connectivity index (χ1) is 7.64. The zero-order chi connectivity index (χ0) is 11.9. The molecule has 1 aromatic carbocycles. The Morgan fingerprint density at radius 3 is 2.62 bits per heavy atom. The van der Waals surface area contributed by atoms with Crippen LogP contribution in [0.15, 0.2) is 42.5 Å². The molecule has 88 valence electrons. The largest absolute Gasteiger partial charge is 0.393 e. The van der Waals surface area contributed by atoms with Gasteiger partial charge in [-0.15, -0.1) is 0 Å². The molecule has 1 rings (SSSR count). The van der Waals surface area contributed by atoms with Crippen LogP contribution in [0, 0.1) is 0 Å². The van der Waals surface area contributed by atoms with Crippen LogP contribution in [0.25, 0.3) is 0 Å². The lowest BCUT2D eigenvalue weighted by Crippen LogP contribution is -2.25. The molecule has 0 unspecified atom stereocenters. The third-order valence-corrected chi connectivity index (χ3v) is 2.12. The molecule has 0 aromatic heterocycles. The highest BCUT2D eigenvalue weighted by molar-refractivity contribution is 5.13. The maximum absolute atomic E-state index is 9.45.